The first-order valence-electron chi connectivity index (χ1n) is 6.25. The van der Waals surface area contributed by atoms with Crippen molar-refractivity contribution in [1.82, 2.24) is 19.6 Å². The highest BCUT2D eigenvalue weighted by molar-refractivity contribution is 6.07. The summed E-state index contributed by atoms with van der Waals surface area (Å²) >= 11 is 0. The number of hydrogen-bond acceptors (Lipinski definition) is 3. The molecule has 2 heterocycles. The number of hydrogen-bond donors (Lipinski definition) is 0. The second-order valence-corrected chi connectivity index (χ2v) is 4.32. The van der Waals surface area contributed by atoms with Gasteiger partial charge in [-0.1, -0.05) is 13.8 Å². The average Bonchev–Trinajstić information content (AvgIpc) is 2.95. The SMILES string of the molecule is CCCn1cc(C(=O)c2cc(CC)nn2C)cn1. The van der Waals surface area contributed by atoms with E-state index in [1.165, 1.54) is 0 Å². The maximum atomic E-state index is 12.3. The van der Waals surface area contributed by atoms with Gasteiger partial charge < -0.3 is 0 Å². The number of carbonyl (C=O) groups excluding carboxylic acids is 1. The number of aryl methyl sites for hydroxylation is 3. The molecule has 0 aromatic carbocycles. The molecule has 0 radical (unpaired) electrons. The van der Waals surface area contributed by atoms with Crippen molar-refractivity contribution < 1.29 is 4.79 Å². The second-order valence-electron chi connectivity index (χ2n) is 4.32. The molecule has 0 fully saturated rings. The summed E-state index contributed by atoms with van der Waals surface area (Å²) in [5.41, 5.74) is 2.17. The summed E-state index contributed by atoms with van der Waals surface area (Å²) in [4.78, 5) is 12.3. The smallest absolute Gasteiger partial charge is 0.214 e. The highest BCUT2D eigenvalue weighted by Gasteiger charge is 2.16. The third-order valence-electron chi connectivity index (χ3n) is 2.87. The molecule has 0 saturated carbocycles. The lowest BCUT2D eigenvalue weighted by Gasteiger charge is -1.98. The van der Waals surface area contributed by atoms with E-state index in [4.69, 9.17) is 0 Å². The van der Waals surface area contributed by atoms with E-state index in [-0.39, 0.29) is 5.78 Å². The molecule has 2 aromatic rings. The standard InChI is InChI=1S/C13H18N4O/c1-4-6-17-9-10(8-14-17)13(18)12-7-11(5-2)15-16(12)3/h7-9H,4-6H2,1-3H3. The highest BCUT2D eigenvalue weighted by atomic mass is 16.1. The van der Waals surface area contributed by atoms with Crippen molar-refractivity contribution >= 4 is 5.78 Å². The molecule has 0 aliphatic carbocycles. The Morgan fingerprint density at radius 3 is 2.78 bits per heavy atom. The molecule has 2 rings (SSSR count). The zero-order valence-electron chi connectivity index (χ0n) is 11.1. The van der Waals surface area contributed by atoms with Crippen LogP contribution in [0, 0.1) is 0 Å². The summed E-state index contributed by atoms with van der Waals surface area (Å²) in [5.74, 6) is -0.0212. The van der Waals surface area contributed by atoms with Crippen LogP contribution >= 0.6 is 0 Å². The predicted molar refractivity (Wildman–Crippen MR) is 68.5 cm³/mol. The number of ketones is 1. The Hall–Kier alpha value is -1.91. The maximum Gasteiger partial charge on any atom is 0.214 e. The minimum Gasteiger partial charge on any atom is -0.287 e. The summed E-state index contributed by atoms with van der Waals surface area (Å²) in [6, 6.07) is 1.85. The summed E-state index contributed by atoms with van der Waals surface area (Å²) in [6.45, 7) is 4.94. The van der Waals surface area contributed by atoms with Gasteiger partial charge >= 0.3 is 0 Å². The zero-order chi connectivity index (χ0) is 13.1. The largest absolute Gasteiger partial charge is 0.287 e. The third-order valence-corrected chi connectivity index (χ3v) is 2.87. The van der Waals surface area contributed by atoms with E-state index in [2.05, 4.69) is 17.1 Å². The van der Waals surface area contributed by atoms with Crippen LogP contribution < -0.4 is 0 Å². The average molecular weight is 246 g/mol. The molecule has 0 spiro atoms. The molecule has 96 valence electrons. The van der Waals surface area contributed by atoms with Gasteiger partial charge in [-0.25, -0.2) is 0 Å². The zero-order valence-corrected chi connectivity index (χ0v) is 11.1. The van der Waals surface area contributed by atoms with Crippen LogP contribution in [-0.2, 0) is 20.0 Å². The van der Waals surface area contributed by atoms with Crippen LogP contribution in [0.5, 0.6) is 0 Å². The van der Waals surface area contributed by atoms with Gasteiger partial charge in [-0.3, -0.25) is 14.2 Å². The van der Waals surface area contributed by atoms with E-state index in [0.717, 1.165) is 25.1 Å². The molecule has 18 heavy (non-hydrogen) atoms. The van der Waals surface area contributed by atoms with Gasteiger partial charge in [-0.2, -0.15) is 10.2 Å². The molecule has 0 aliphatic rings. The van der Waals surface area contributed by atoms with Crippen LogP contribution in [0.15, 0.2) is 18.5 Å². The van der Waals surface area contributed by atoms with Gasteiger partial charge in [0.1, 0.15) is 5.69 Å². The van der Waals surface area contributed by atoms with E-state index in [0.29, 0.717) is 11.3 Å². The number of nitrogens with zero attached hydrogens (tertiary/aromatic N) is 4. The van der Waals surface area contributed by atoms with E-state index in [1.807, 2.05) is 13.0 Å². The van der Waals surface area contributed by atoms with Crippen LogP contribution in [0.25, 0.3) is 0 Å². The molecular weight excluding hydrogens is 228 g/mol. The topological polar surface area (TPSA) is 52.7 Å². The van der Waals surface area contributed by atoms with Crippen LogP contribution in [-0.4, -0.2) is 25.3 Å². The quantitative estimate of drug-likeness (QED) is 0.756. The van der Waals surface area contributed by atoms with Crippen molar-refractivity contribution in [2.24, 2.45) is 7.05 Å². The number of rotatable bonds is 5. The van der Waals surface area contributed by atoms with Crippen molar-refractivity contribution in [3.8, 4) is 0 Å². The lowest BCUT2D eigenvalue weighted by molar-refractivity contribution is 0.103. The monoisotopic (exact) mass is 246 g/mol. The summed E-state index contributed by atoms with van der Waals surface area (Å²) < 4.78 is 3.43. The van der Waals surface area contributed by atoms with E-state index < -0.39 is 0 Å². The number of aromatic nitrogens is 4. The molecule has 0 atom stereocenters. The Labute approximate surface area is 106 Å². The van der Waals surface area contributed by atoms with Gasteiger partial charge in [-0.15, -0.1) is 0 Å². The second kappa shape index (κ2) is 5.16. The van der Waals surface area contributed by atoms with Crippen molar-refractivity contribution in [2.75, 3.05) is 0 Å². The first kappa shape index (κ1) is 12.5. The molecule has 5 heteroatoms. The molecular formula is C13H18N4O. The Morgan fingerprint density at radius 1 is 1.39 bits per heavy atom. The van der Waals surface area contributed by atoms with Crippen molar-refractivity contribution in [3.63, 3.8) is 0 Å². The summed E-state index contributed by atoms with van der Waals surface area (Å²) in [6.07, 6.45) is 5.25. The molecule has 0 saturated heterocycles. The molecule has 0 unspecified atom stereocenters. The van der Waals surface area contributed by atoms with E-state index in [1.54, 1.807) is 28.8 Å². The minimum absolute atomic E-state index is 0.0212. The lowest BCUT2D eigenvalue weighted by Crippen LogP contribution is -2.07. The fourth-order valence-electron chi connectivity index (χ4n) is 1.89. The van der Waals surface area contributed by atoms with Crippen molar-refractivity contribution in [3.05, 3.63) is 35.4 Å². The molecule has 0 N–H and O–H groups in total. The van der Waals surface area contributed by atoms with Gasteiger partial charge in [-0.05, 0) is 18.9 Å². The van der Waals surface area contributed by atoms with Gasteiger partial charge in [0.15, 0.2) is 0 Å². The first-order chi connectivity index (χ1) is 8.65. The molecule has 5 nitrogen and oxygen atoms in total. The van der Waals surface area contributed by atoms with E-state index in [9.17, 15) is 4.79 Å². The van der Waals surface area contributed by atoms with Gasteiger partial charge in [0.2, 0.25) is 5.78 Å². The molecule has 0 amide bonds. The van der Waals surface area contributed by atoms with Crippen molar-refractivity contribution in [2.45, 2.75) is 33.2 Å². The Morgan fingerprint density at radius 2 is 2.17 bits per heavy atom. The van der Waals surface area contributed by atoms with Crippen LogP contribution in [0.4, 0.5) is 0 Å². The van der Waals surface area contributed by atoms with Crippen LogP contribution in [0.2, 0.25) is 0 Å². The Bertz CT molecular complexity index is 553. The lowest BCUT2D eigenvalue weighted by atomic mass is 10.1. The summed E-state index contributed by atoms with van der Waals surface area (Å²) in [7, 11) is 1.79. The minimum atomic E-state index is -0.0212. The van der Waals surface area contributed by atoms with E-state index >= 15 is 0 Å². The first-order valence-corrected chi connectivity index (χ1v) is 6.25. The predicted octanol–water partition coefficient (Wildman–Crippen LogP) is 1.82. The maximum absolute atomic E-state index is 12.3. The normalized spacial score (nSPS) is 10.8. The highest BCUT2D eigenvalue weighted by Crippen LogP contribution is 2.11. The fraction of sp³-hybridized carbons (Fsp3) is 0.462. The Kier molecular flexibility index (Phi) is 3.60. The Balaban J connectivity index is 2.26. The van der Waals surface area contributed by atoms with Gasteiger partial charge in [0.05, 0.1) is 17.5 Å². The third kappa shape index (κ3) is 2.34. The van der Waals surface area contributed by atoms with Crippen LogP contribution in [0.1, 0.15) is 42.0 Å². The molecule has 0 bridgehead atoms. The fourth-order valence-corrected chi connectivity index (χ4v) is 1.89. The molecule has 2 aromatic heterocycles. The van der Waals surface area contributed by atoms with Gasteiger partial charge in [0.25, 0.3) is 0 Å². The molecule has 0 aliphatic heterocycles. The number of carbonyl (C=O) groups is 1. The summed E-state index contributed by atoms with van der Waals surface area (Å²) in [5, 5.41) is 8.46. The van der Waals surface area contributed by atoms with Crippen molar-refractivity contribution in [1.29, 1.82) is 0 Å². The van der Waals surface area contributed by atoms with Crippen LogP contribution in [0.3, 0.4) is 0 Å². The van der Waals surface area contributed by atoms with Gasteiger partial charge in [0, 0.05) is 19.8 Å².